The molecule has 2 aromatic rings. The maximum atomic E-state index is 13.0. The molecule has 2 aromatic carbocycles. The summed E-state index contributed by atoms with van der Waals surface area (Å²) in [6.07, 6.45) is 1.46. The molecule has 0 radical (unpaired) electrons. The Kier molecular flexibility index (Phi) is 11.6. The van der Waals surface area contributed by atoms with Crippen LogP contribution < -0.4 is 20.7 Å². The van der Waals surface area contributed by atoms with Gasteiger partial charge in [-0.05, 0) is 48.4 Å². The Balaban J connectivity index is 1.94. The predicted octanol–water partition coefficient (Wildman–Crippen LogP) is 2.94. The van der Waals surface area contributed by atoms with Crippen LogP contribution in [0.25, 0.3) is 0 Å². The lowest BCUT2D eigenvalue weighted by molar-refractivity contribution is -0.140. The van der Waals surface area contributed by atoms with Gasteiger partial charge in [0.1, 0.15) is 11.8 Å². The molecular formula is C28H37N3O5. The molecule has 194 valence electrons. The van der Waals surface area contributed by atoms with Crippen molar-refractivity contribution in [3.8, 4) is 5.75 Å². The van der Waals surface area contributed by atoms with E-state index in [4.69, 9.17) is 4.74 Å². The normalized spacial score (nSPS) is 12.4. The number of hydrogen-bond donors (Lipinski definition) is 3. The van der Waals surface area contributed by atoms with Crippen molar-refractivity contribution >= 4 is 23.5 Å². The molecule has 0 aliphatic heterocycles. The monoisotopic (exact) mass is 495 g/mol. The maximum absolute atomic E-state index is 13.0. The summed E-state index contributed by atoms with van der Waals surface area (Å²) in [6.45, 7) is 5.77. The largest absolute Gasteiger partial charge is 0.497 e. The molecule has 2 atom stereocenters. The summed E-state index contributed by atoms with van der Waals surface area (Å²) in [5.41, 5.74) is 1.82. The lowest BCUT2D eigenvalue weighted by atomic mass is 10.0. The highest BCUT2D eigenvalue weighted by atomic mass is 16.5. The van der Waals surface area contributed by atoms with Gasteiger partial charge in [-0.15, -0.1) is 0 Å². The van der Waals surface area contributed by atoms with Crippen molar-refractivity contribution in [1.29, 1.82) is 0 Å². The van der Waals surface area contributed by atoms with Crippen LogP contribution in [0.4, 0.5) is 0 Å². The van der Waals surface area contributed by atoms with E-state index in [1.54, 1.807) is 32.2 Å². The van der Waals surface area contributed by atoms with Gasteiger partial charge in [-0.1, -0.05) is 63.2 Å². The van der Waals surface area contributed by atoms with E-state index in [2.05, 4.69) is 16.0 Å². The fourth-order valence-electron chi connectivity index (χ4n) is 3.71. The number of Topliss-reactive ketones (excluding diaryl/α,β-unsaturated/α-hetero) is 1. The van der Waals surface area contributed by atoms with Crippen LogP contribution in [0.5, 0.6) is 5.75 Å². The summed E-state index contributed by atoms with van der Waals surface area (Å²) in [5, 5.41) is 8.06. The van der Waals surface area contributed by atoms with Gasteiger partial charge in [-0.25, -0.2) is 0 Å². The first kappa shape index (κ1) is 28.6. The minimum Gasteiger partial charge on any atom is -0.497 e. The Morgan fingerprint density at radius 3 is 2.22 bits per heavy atom. The number of hydrogen-bond acceptors (Lipinski definition) is 5. The zero-order valence-corrected chi connectivity index (χ0v) is 21.5. The van der Waals surface area contributed by atoms with Crippen LogP contribution in [0.1, 0.15) is 51.2 Å². The van der Waals surface area contributed by atoms with Gasteiger partial charge in [0.05, 0.1) is 13.2 Å². The molecule has 36 heavy (non-hydrogen) atoms. The van der Waals surface area contributed by atoms with Gasteiger partial charge < -0.3 is 20.7 Å². The van der Waals surface area contributed by atoms with Gasteiger partial charge in [0, 0.05) is 13.0 Å². The van der Waals surface area contributed by atoms with Crippen molar-refractivity contribution in [3.63, 3.8) is 0 Å². The van der Waals surface area contributed by atoms with Crippen molar-refractivity contribution in [2.75, 3.05) is 7.11 Å². The van der Waals surface area contributed by atoms with E-state index in [0.29, 0.717) is 18.6 Å². The number of nitrogens with one attached hydrogen (secondary N) is 3. The first-order valence-electron chi connectivity index (χ1n) is 12.3. The van der Waals surface area contributed by atoms with E-state index in [0.717, 1.165) is 11.1 Å². The second-order valence-corrected chi connectivity index (χ2v) is 9.10. The van der Waals surface area contributed by atoms with Gasteiger partial charge in [-0.2, -0.15) is 0 Å². The number of benzene rings is 2. The summed E-state index contributed by atoms with van der Waals surface area (Å²) >= 11 is 0. The molecule has 0 aliphatic rings. The molecule has 0 aromatic heterocycles. The standard InChI is InChI=1S/C28H37N3O5/c1-5-23(26(33)28(35)29-18-21-12-9-13-22(17-21)36-4)31-27(34)24(16-19(2)3)30-25(32)15-14-20-10-7-6-8-11-20/h6-13,17,19,23-24H,5,14-16,18H2,1-4H3,(H,29,35)(H,30,32)(H,31,34). The summed E-state index contributed by atoms with van der Waals surface area (Å²) in [7, 11) is 1.55. The second-order valence-electron chi connectivity index (χ2n) is 9.10. The second kappa shape index (κ2) is 14.7. The number of ether oxygens (including phenoxy) is 1. The quantitative estimate of drug-likeness (QED) is 0.349. The molecule has 0 saturated carbocycles. The molecule has 2 rings (SSSR count). The van der Waals surface area contributed by atoms with Gasteiger partial charge in [0.15, 0.2) is 0 Å². The molecule has 8 nitrogen and oxygen atoms in total. The summed E-state index contributed by atoms with van der Waals surface area (Å²) in [5.74, 6) is -1.44. The van der Waals surface area contributed by atoms with E-state index in [-0.39, 0.29) is 31.2 Å². The summed E-state index contributed by atoms with van der Waals surface area (Å²) in [4.78, 5) is 50.8. The van der Waals surface area contributed by atoms with Crippen LogP contribution in [-0.4, -0.2) is 42.7 Å². The molecule has 3 N–H and O–H groups in total. The van der Waals surface area contributed by atoms with Crippen LogP contribution >= 0.6 is 0 Å². The van der Waals surface area contributed by atoms with Crippen molar-refractivity contribution in [2.24, 2.45) is 5.92 Å². The number of carbonyl (C=O) groups is 4. The third-order valence-corrected chi connectivity index (χ3v) is 5.69. The van der Waals surface area contributed by atoms with E-state index in [1.165, 1.54) is 0 Å². The average Bonchev–Trinajstić information content (AvgIpc) is 2.88. The third-order valence-electron chi connectivity index (χ3n) is 5.69. The van der Waals surface area contributed by atoms with Crippen molar-refractivity contribution in [2.45, 2.75) is 65.1 Å². The van der Waals surface area contributed by atoms with Crippen LogP contribution in [-0.2, 0) is 32.1 Å². The predicted molar refractivity (Wildman–Crippen MR) is 138 cm³/mol. The van der Waals surface area contributed by atoms with Crippen molar-refractivity contribution in [1.82, 2.24) is 16.0 Å². The fraction of sp³-hybridized carbons (Fsp3) is 0.429. The van der Waals surface area contributed by atoms with Crippen LogP contribution in [0.3, 0.4) is 0 Å². The van der Waals surface area contributed by atoms with E-state index in [1.807, 2.05) is 50.2 Å². The van der Waals surface area contributed by atoms with E-state index < -0.39 is 29.7 Å². The van der Waals surface area contributed by atoms with E-state index >= 15 is 0 Å². The van der Waals surface area contributed by atoms with Crippen LogP contribution in [0.15, 0.2) is 54.6 Å². The SMILES string of the molecule is CCC(NC(=O)C(CC(C)C)NC(=O)CCc1ccccc1)C(=O)C(=O)NCc1cccc(OC)c1. The highest BCUT2D eigenvalue weighted by Crippen LogP contribution is 2.12. The molecule has 0 spiro atoms. The molecule has 8 heteroatoms. The zero-order chi connectivity index (χ0) is 26.5. The first-order valence-corrected chi connectivity index (χ1v) is 12.3. The van der Waals surface area contributed by atoms with Gasteiger partial charge in [0.25, 0.3) is 5.91 Å². The molecule has 2 unspecified atom stereocenters. The number of aryl methyl sites for hydroxylation is 1. The van der Waals surface area contributed by atoms with Crippen molar-refractivity contribution in [3.05, 3.63) is 65.7 Å². The number of amides is 3. The maximum Gasteiger partial charge on any atom is 0.289 e. The fourth-order valence-corrected chi connectivity index (χ4v) is 3.71. The molecule has 0 aliphatic carbocycles. The Morgan fingerprint density at radius 1 is 0.889 bits per heavy atom. The van der Waals surface area contributed by atoms with Crippen LogP contribution in [0, 0.1) is 5.92 Å². The first-order chi connectivity index (χ1) is 17.2. The lowest BCUT2D eigenvalue weighted by Gasteiger charge is -2.23. The Morgan fingerprint density at radius 2 is 1.58 bits per heavy atom. The van der Waals surface area contributed by atoms with Crippen molar-refractivity contribution < 1.29 is 23.9 Å². The number of carbonyl (C=O) groups excluding carboxylic acids is 4. The Bertz CT molecular complexity index is 1020. The molecule has 3 amide bonds. The minimum atomic E-state index is -0.987. The molecule has 0 fully saturated rings. The number of methoxy groups -OCH3 is 1. The average molecular weight is 496 g/mol. The number of ketones is 1. The molecule has 0 saturated heterocycles. The summed E-state index contributed by atoms with van der Waals surface area (Å²) in [6, 6.07) is 15.0. The lowest BCUT2D eigenvalue weighted by Crippen LogP contribution is -2.54. The smallest absolute Gasteiger partial charge is 0.289 e. The highest BCUT2D eigenvalue weighted by Gasteiger charge is 2.29. The van der Waals surface area contributed by atoms with Gasteiger partial charge in [-0.3, -0.25) is 19.2 Å². The molecular weight excluding hydrogens is 458 g/mol. The minimum absolute atomic E-state index is 0.136. The topological polar surface area (TPSA) is 114 Å². The molecule has 0 bridgehead atoms. The Labute approximate surface area is 213 Å². The third kappa shape index (κ3) is 9.52. The van der Waals surface area contributed by atoms with Crippen LogP contribution in [0.2, 0.25) is 0 Å². The zero-order valence-electron chi connectivity index (χ0n) is 21.5. The van der Waals surface area contributed by atoms with Gasteiger partial charge in [0.2, 0.25) is 17.6 Å². The molecule has 0 heterocycles. The Hall–Kier alpha value is -3.68. The highest BCUT2D eigenvalue weighted by molar-refractivity contribution is 6.38. The van der Waals surface area contributed by atoms with Gasteiger partial charge >= 0.3 is 0 Å². The van der Waals surface area contributed by atoms with E-state index in [9.17, 15) is 19.2 Å². The summed E-state index contributed by atoms with van der Waals surface area (Å²) < 4.78 is 5.17. The number of rotatable bonds is 14.